The average molecular weight is 280 g/mol. The lowest BCUT2D eigenvalue weighted by Gasteiger charge is -2.18. The third kappa shape index (κ3) is 2.12. The van der Waals surface area contributed by atoms with Gasteiger partial charge in [-0.15, -0.1) is 0 Å². The number of carbonyl (C=O) groups is 1. The van der Waals surface area contributed by atoms with Crippen molar-refractivity contribution in [1.82, 2.24) is 4.57 Å². The normalized spacial score (nSPS) is 12.3. The summed E-state index contributed by atoms with van der Waals surface area (Å²) >= 11 is 6.28. The van der Waals surface area contributed by atoms with E-state index in [1.54, 1.807) is 13.8 Å². The van der Waals surface area contributed by atoms with Gasteiger partial charge in [0.2, 0.25) is 0 Å². The van der Waals surface area contributed by atoms with Crippen molar-refractivity contribution in [2.75, 3.05) is 0 Å². The molecule has 0 fully saturated rings. The summed E-state index contributed by atoms with van der Waals surface area (Å²) in [6, 6.07) is 5.85. The monoisotopic (exact) mass is 279 g/mol. The van der Waals surface area contributed by atoms with E-state index in [1.165, 1.54) is 0 Å². The predicted octanol–water partition coefficient (Wildman–Crippen LogP) is 4.24. The molecule has 1 heterocycles. The number of carboxylic acids is 1. The van der Waals surface area contributed by atoms with Gasteiger partial charge in [0.1, 0.15) is 0 Å². The molecule has 19 heavy (non-hydrogen) atoms. The molecule has 102 valence electrons. The summed E-state index contributed by atoms with van der Waals surface area (Å²) in [7, 11) is 0. The van der Waals surface area contributed by atoms with Crippen LogP contribution in [0.25, 0.3) is 10.9 Å². The zero-order chi connectivity index (χ0) is 14.4. The van der Waals surface area contributed by atoms with E-state index in [-0.39, 0.29) is 6.04 Å². The van der Waals surface area contributed by atoms with Gasteiger partial charge in [0.15, 0.2) is 0 Å². The Labute approximate surface area is 117 Å². The van der Waals surface area contributed by atoms with Gasteiger partial charge in [-0.3, -0.25) is 4.79 Å². The topological polar surface area (TPSA) is 42.2 Å². The number of rotatable bonds is 3. The highest BCUT2D eigenvalue weighted by Crippen LogP contribution is 2.36. The van der Waals surface area contributed by atoms with Gasteiger partial charge in [0.25, 0.3) is 0 Å². The third-order valence-corrected chi connectivity index (χ3v) is 3.87. The summed E-state index contributed by atoms with van der Waals surface area (Å²) in [5.74, 6) is -0.838. The van der Waals surface area contributed by atoms with E-state index in [0.29, 0.717) is 5.02 Å². The van der Waals surface area contributed by atoms with E-state index in [4.69, 9.17) is 11.6 Å². The molecule has 0 saturated heterocycles. The van der Waals surface area contributed by atoms with Crippen molar-refractivity contribution in [2.45, 2.75) is 39.2 Å². The van der Waals surface area contributed by atoms with Gasteiger partial charge in [-0.05, 0) is 39.3 Å². The van der Waals surface area contributed by atoms with Gasteiger partial charge in [0, 0.05) is 17.6 Å². The van der Waals surface area contributed by atoms with E-state index >= 15 is 0 Å². The van der Waals surface area contributed by atoms with Gasteiger partial charge in [-0.2, -0.15) is 0 Å². The summed E-state index contributed by atoms with van der Waals surface area (Å²) in [5.41, 5.74) is 0.762. The maximum absolute atomic E-state index is 11.5. The lowest BCUT2D eigenvalue weighted by Crippen LogP contribution is -2.28. The van der Waals surface area contributed by atoms with Crippen molar-refractivity contribution in [1.29, 1.82) is 0 Å². The summed E-state index contributed by atoms with van der Waals surface area (Å²) in [6.45, 7) is 7.55. The van der Waals surface area contributed by atoms with Crippen LogP contribution in [0.3, 0.4) is 0 Å². The highest BCUT2D eigenvalue weighted by Gasteiger charge is 2.33. The zero-order valence-electron chi connectivity index (χ0n) is 11.6. The van der Waals surface area contributed by atoms with Crippen LogP contribution in [0, 0.1) is 0 Å². The number of aliphatic carboxylic acids is 1. The number of fused-ring (bicyclic) bond motifs is 1. The maximum Gasteiger partial charge on any atom is 0.313 e. The number of nitrogens with zero attached hydrogens (tertiary/aromatic N) is 1. The van der Waals surface area contributed by atoms with Crippen molar-refractivity contribution in [3.8, 4) is 0 Å². The minimum atomic E-state index is -0.941. The molecule has 0 radical (unpaired) electrons. The highest BCUT2D eigenvalue weighted by atomic mass is 35.5. The van der Waals surface area contributed by atoms with Crippen LogP contribution in [0.2, 0.25) is 5.02 Å². The first kappa shape index (κ1) is 13.9. The molecule has 2 aromatic rings. The predicted molar refractivity (Wildman–Crippen MR) is 78.0 cm³/mol. The van der Waals surface area contributed by atoms with Crippen LogP contribution in [0.1, 0.15) is 39.3 Å². The van der Waals surface area contributed by atoms with Crippen molar-refractivity contribution in [3.63, 3.8) is 0 Å². The van der Waals surface area contributed by atoms with Crippen molar-refractivity contribution in [2.24, 2.45) is 0 Å². The van der Waals surface area contributed by atoms with Gasteiger partial charge < -0.3 is 9.67 Å². The number of halogens is 1. The molecule has 4 heteroatoms. The van der Waals surface area contributed by atoms with Crippen LogP contribution < -0.4 is 0 Å². The Morgan fingerprint density at radius 3 is 2.53 bits per heavy atom. The van der Waals surface area contributed by atoms with Crippen LogP contribution in [-0.4, -0.2) is 15.6 Å². The lowest BCUT2D eigenvalue weighted by molar-refractivity contribution is -0.142. The minimum Gasteiger partial charge on any atom is -0.481 e. The summed E-state index contributed by atoms with van der Waals surface area (Å²) in [4.78, 5) is 11.5. The number of aromatic nitrogens is 1. The smallest absolute Gasteiger partial charge is 0.313 e. The second-order valence-corrected chi connectivity index (χ2v) is 6.02. The maximum atomic E-state index is 11.5. The molecular weight excluding hydrogens is 262 g/mol. The average Bonchev–Trinajstić information content (AvgIpc) is 2.70. The number of hydrogen-bond acceptors (Lipinski definition) is 1. The first-order valence-electron chi connectivity index (χ1n) is 6.29. The fourth-order valence-corrected chi connectivity index (χ4v) is 2.56. The van der Waals surface area contributed by atoms with Crippen LogP contribution >= 0.6 is 11.6 Å². The molecule has 1 N–H and O–H groups in total. The Balaban J connectivity index is 2.85. The van der Waals surface area contributed by atoms with Crippen LogP contribution in [0.5, 0.6) is 0 Å². The summed E-state index contributed by atoms with van der Waals surface area (Å²) in [5, 5.41) is 11.0. The Hall–Kier alpha value is -1.48. The fraction of sp³-hybridized carbons (Fsp3) is 0.400. The van der Waals surface area contributed by atoms with Gasteiger partial charge >= 0.3 is 5.97 Å². The molecule has 0 atom stereocenters. The minimum absolute atomic E-state index is 0.223. The highest BCUT2D eigenvalue weighted by molar-refractivity contribution is 6.35. The van der Waals surface area contributed by atoms with E-state index in [1.807, 2.05) is 29.0 Å². The molecule has 0 unspecified atom stereocenters. The third-order valence-electron chi connectivity index (χ3n) is 3.57. The van der Waals surface area contributed by atoms with Crippen molar-refractivity contribution in [3.05, 3.63) is 35.0 Å². The van der Waals surface area contributed by atoms with E-state index in [0.717, 1.165) is 16.5 Å². The fourth-order valence-electron chi connectivity index (χ4n) is 2.29. The van der Waals surface area contributed by atoms with Crippen LogP contribution in [-0.2, 0) is 10.2 Å². The first-order chi connectivity index (χ1) is 8.76. The summed E-state index contributed by atoms with van der Waals surface area (Å²) in [6.07, 6.45) is 1.91. The number of para-hydroxylation sites is 1. The lowest BCUT2D eigenvalue weighted by atomic mass is 9.85. The molecular formula is C15H18ClNO2. The Morgan fingerprint density at radius 1 is 1.37 bits per heavy atom. The number of hydrogen-bond donors (Lipinski definition) is 1. The van der Waals surface area contributed by atoms with Crippen molar-refractivity contribution >= 4 is 28.5 Å². The van der Waals surface area contributed by atoms with E-state index in [9.17, 15) is 9.90 Å². The molecule has 2 rings (SSSR count). The molecule has 0 saturated carbocycles. The molecule has 0 aliphatic carbocycles. The van der Waals surface area contributed by atoms with Crippen LogP contribution in [0.4, 0.5) is 0 Å². The quantitative estimate of drug-likeness (QED) is 0.913. The molecule has 0 bridgehead atoms. The van der Waals surface area contributed by atoms with Crippen LogP contribution in [0.15, 0.2) is 24.4 Å². The number of benzene rings is 1. The Bertz CT molecular complexity index is 641. The second kappa shape index (κ2) is 4.57. The summed E-state index contributed by atoms with van der Waals surface area (Å²) < 4.78 is 2.04. The molecule has 0 spiro atoms. The Morgan fingerprint density at radius 2 is 2.00 bits per heavy atom. The molecule has 1 aromatic heterocycles. The molecule has 3 nitrogen and oxygen atoms in total. The molecule has 1 aromatic carbocycles. The SMILES string of the molecule is CC(C)n1cc(C(C)(C)C(=O)O)c2cccc(Cl)c21. The largest absolute Gasteiger partial charge is 0.481 e. The molecule has 0 aliphatic rings. The standard InChI is InChI=1S/C15H18ClNO2/c1-9(2)17-8-11(15(3,4)14(18)19)10-6-5-7-12(16)13(10)17/h5-9H,1-4H3,(H,18,19). The van der Waals surface area contributed by atoms with E-state index in [2.05, 4.69) is 13.8 Å². The zero-order valence-corrected chi connectivity index (χ0v) is 12.3. The number of carboxylic acid groups (broad SMARTS) is 1. The Kier molecular flexibility index (Phi) is 3.35. The first-order valence-corrected chi connectivity index (χ1v) is 6.67. The molecule has 0 amide bonds. The van der Waals surface area contributed by atoms with E-state index < -0.39 is 11.4 Å². The van der Waals surface area contributed by atoms with Gasteiger partial charge in [-0.25, -0.2) is 0 Å². The second-order valence-electron chi connectivity index (χ2n) is 5.61. The van der Waals surface area contributed by atoms with Crippen molar-refractivity contribution < 1.29 is 9.90 Å². The molecule has 0 aliphatic heterocycles. The van der Waals surface area contributed by atoms with Gasteiger partial charge in [0.05, 0.1) is 16.0 Å². The van der Waals surface area contributed by atoms with Gasteiger partial charge in [-0.1, -0.05) is 23.7 Å².